The van der Waals surface area contributed by atoms with Crippen molar-refractivity contribution in [2.24, 2.45) is 0 Å². The second kappa shape index (κ2) is 5.58. The van der Waals surface area contributed by atoms with Gasteiger partial charge in [0.05, 0.1) is 5.52 Å². The summed E-state index contributed by atoms with van der Waals surface area (Å²) in [6.07, 6.45) is 3.83. The van der Waals surface area contributed by atoms with Crippen molar-refractivity contribution in [3.05, 3.63) is 83.1 Å². The van der Waals surface area contributed by atoms with Gasteiger partial charge < -0.3 is 14.3 Å². The number of carbonyl (C=O) groups is 1. The number of nitrogens with zero attached hydrogens (tertiary/aromatic N) is 1. The molecule has 24 heavy (non-hydrogen) atoms. The Balaban J connectivity index is 1.61. The van der Waals surface area contributed by atoms with Gasteiger partial charge in [0.2, 0.25) is 0 Å². The average molecular weight is 319 g/mol. The monoisotopic (exact) mass is 319 g/mol. The number of amides is 1. The lowest BCUT2D eigenvalue weighted by Gasteiger charge is -2.08. The van der Waals surface area contributed by atoms with Gasteiger partial charge in [-0.15, -0.1) is 0 Å². The number of benzene rings is 2. The number of aromatic amines is 1. The third-order valence-electron chi connectivity index (χ3n) is 3.69. The highest BCUT2D eigenvalue weighted by Gasteiger charge is 2.09. The molecule has 1 amide bonds. The predicted octanol–water partition coefficient (Wildman–Crippen LogP) is 3.16. The molecule has 0 aliphatic rings. The van der Waals surface area contributed by atoms with Crippen molar-refractivity contribution in [1.82, 2.24) is 9.55 Å². The van der Waals surface area contributed by atoms with Gasteiger partial charge in [-0.3, -0.25) is 9.78 Å². The molecule has 0 spiro atoms. The first-order valence-electron chi connectivity index (χ1n) is 7.37. The summed E-state index contributed by atoms with van der Waals surface area (Å²) in [5, 5.41) is 2.82. The quantitative estimate of drug-likeness (QED) is 0.608. The van der Waals surface area contributed by atoms with E-state index in [1.165, 1.54) is 0 Å². The van der Waals surface area contributed by atoms with Crippen LogP contribution in [0.5, 0.6) is 0 Å². The minimum absolute atomic E-state index is 0.228. The second-order valence-corrected chi connectivity index (χ2v) is 5.32. The fourth-order valence-electron chi connectivity index (χ4n) is 2.55. The molecule has 2 aromatic carbocycles. The van der Waals surface area contributed by atoms with Gasteiger partial charge in [0.15, 0.2) is 5.58 Å². The van der Waals surface area contributed by atoms with Gasteiger partial charge in [0.25, 0.3) is 5.91 Å². The molecule has 2 heterocycles. The van der Waals surface area contributed by atoms with Crippen LogP contribution in [0.2, 0.25) is 0 Å². The van der Waals surface area contributed by atoms with Crippen LogP contribution in [0.25, 0.3) is 16.8 Å². The molecule has 0 unspecified atom stereocenters. The van der Waals surface area contributed by atoms with E-state index in [9.17, 15) is 9.59 Å². The largest absolute Gasteiger partial charge is 0.417 e. The zero-order valence-corrected chi connectivity index (χ0v) is 12.5. The fourth-order valence-corrected chi connectivity index (χ4v) is 2.55. The number of H-pyrrole nitrogens is 1. The van der Waals surface area contributed by atoms with Gasteiger partial charge in [0, 0.05) is 29.3 Å². The van der Waals surface area contributed by atoms with E-state index in [1.807, 2.05) is 47.3 Å². The summed E-state index contributed by atoms with van der Waals surface area (Å²) in [5.41, 5.74) is 3.02. The van der Waals surface area contributed by atoms with Gasteiger partial charge in [-0.1, -0.05) is 6.07 Å². The molecule has 6 heteroatoms. The lowest BCUT2D eigenvalue weighted by atomic mass is 10.1. The molecule has 0 fully saturated rings. The Morgan fingerprint density at radius 2 is 1.88 bits per heavy atom. The van der Waals surface area contributed by atoms with Crippen LogP contribution in [-0.2, 0) is 0 Å². The molecule has 6 nitrogen and oxygen atoms in total. The van der Waals surface area contributed by atoms with E-state index in [-0.39, 0.29) is 5.91 Å². The van der Waals surface area contributed by atoms with Crippen molar-refractivity contribution < 1.29 is 9.21 Å². The standard InChI is InChI=1S/C18H13N3O3/c22-17(12-4-3-5-14(10-12)21-8-1-2-9-21)19-13-6-7-16-15(11-13)20-18(23)24-16/h1-11H,(H,19,22)(H,20,23). The molecule has 0 aliphatic heterocycles. The molecule has 0 aliphatic carbocycles. The highest BCUT2D eigenvalue weighted by molar-refractivity contribution is 6.05. The zero-order chi connectivity index (χ0) is 16.5. The summed E-state index contributed by atoms with van der Waals surface area (Å²) in [7, 11) is 0. The normalized spacial score (nSPS) is 10.8. The lowest BCUT2D eigenvalue weighted by molar-refractivity contribution is 0.102. The third-order valence-corrected chi connectivity index (χ3v) is 3.69. The van der Waals surface area contributed by atoms with Crippen molar-refractivity contribution in [3.8, 4) is 5.69 Å². The minimum Gasteiger partial charge on any atom is -0.408 e. The van der Waals surface area contributed by atoms with E-state index in [2.05, 4.69) is 10.3 Å². The summed E-state index contributed by atoms with van der Waals surface area (Å²) in [6, 6.07) is 16.2. The van der Waals surface area contributed by atoms with Crippen molar-refractivity contribution in [1.29, 1.82) is 0 Å². The van der Waals surface area contributed by atoms with E-state index in [0.29, 0.717) is 22.4 Å². The SMILES string of the molecule is O=C(Nc1ccc2oc(=O)[nH]c2c1)c1cccc(-n2cccc2)c1. The molecule has 4 rings (SSSR count). The van der Waals surface area contributed by atoms with E-state index in [1.54, 1.807) is 24.3 Å². The Morgan fingerprint density at radius 1 is 1.04 bits per heavy atom. The van der Waals surface area contributed by atoms with Crippen LogP contribution in [0, 0.1) is 0 Å². The molecular weight excluding hydrogens is 306 g/mol. The number of rotatable bonds is 3. The number of hydrogen-bond acceptors (Lipinski definition) is 3. The Bertz CT molecular complexity index is 1070. The molecule has 0 saturated carbocycles. The number of nitrogens with one attached hydrogen (secondary N) is 2. The van der Waals surface area contributed by atoms with Crippen LogP contribution < -0.4 is 11.1 Å². The van der Waals surface area contributed by atoms with Crippen LogP contribution in [0.1, 0.15) is 10.4 Å². The topological polar surface area (TPSA) is 80.0 Å². The molecule has 0 saturated heterocycles. The first-order chi connectivity index (χ1) is 11.7. The summed E-state index contributed by atoms with van der Waals surface area (Å²) >= 11 is 0. The zero-order valence-electron chi connectivity index (χ0n) is 12.5. The first kappa shape index (κ1) is 14.1. The van der Waals surface area contributed by atoms with Gasteiger partial charge in [-0.2, -0.15) is 0 Å². The van der Waals surface area contributed by atoms with Crippen molar-refractivity contribution in [2.45, 2.75) is 0 Å². The van der Waals surface area contributed by atoms with Crippen LogP contribution in [0.15, 0.2) is 76.2 Å². The van der Waals surface area contributed by atoms with Crippen molar-refractivity contribution in [2.75, 3.05) is 5.32 Å². The Kier molecular flexibility index (Phi) is 3.28. The second-order valence-electron chi connectivity index (χ2n) is 5.32. The highest BCUT2D eigenvalue weighted by atomic mass is 16.4. The molecule has 0 bridgehead atoms. The molecule has 4 aromatic rings. The maximum absolute atomic E-state index is 12.5. The Morgan fingerprint density at radius 3 is 2.71 bits per heavy atom. The van der Waals surface area contributed by atoms with E-state index in [4.69, 9.17) is 4.42 Å². The van der Waals surface area contributed by atoms with Gasteiger partial charge in [-0.25, -0.2) is 4.79 Å². The third kappa shape index (κ3) is 2.61. The smallest absolute Gasteiger partial charge is 0.408 e. The van der Waals surface area contributed by atoms with Gasteiger partial charge >= 0.3 is 5.76 Å². The summed E-state index contributed by atoms with van der Waals surface area (Å²) < 4.78 is 6.87. The Hall–Kier alpha value is -3.54. The number of hydrogen-bond donors (Lipinski definition) is 2. The summed E-state index contributed by atoms with van der Waals surface area (Å²) in [4.78, 5) is 26.2. The van der Waals surface area contributed by atoms with Crippen LogP contribution >= 0.6 is 0 Å². The number of fused-ring (bicyclic) bond motifs is 1. The maximum Gasteiger partial charge on any atom is 0.417 e. The number of carbonyl (C=O) groups excluding carboxylic acids is 1. The van der Waals surface area contributed by atoms with Crippen LogP contribution in [0.4, 0.5) is 5.69 Å². The van der Waals surface area contributed by atoms with E-state index >= 15 is 0 Å². The Labute approximate surface area is 136 Å². The fraction of sp³-hybridized carbons (Fsp3) is 0. The molecule has 118 valence electrons. The highest BCUT2D eigenvalue weighted by Crippen LogP contribution is 2.18. The summed E-state index contributed by atoms with van der Waals surface area (Å²) in [6.45, 7) is 0. The average Bonchev–Trinajstić information content (AvgIpc) is 3.23. The number of anilines is 1. The number of oxazole rings is 1. The van der Waals surface area contributed by atoms with E-state index in [0.717, 1.165) is 5.69 Å². The molecule has 2 aromatic heterocycles. The number of aromatic nitrogens is 2. The van der Waals surface area contributed by atoms with Crippen molar-refractivity contribution >= 4 is 22.7 Å². The van der Waals surface area contributed by atoms with Crippen LogP contribution in [0.3, 0.4) is 0 Å². The molecule has 0 atom stereocenters. The van der Waals surface area contributed by atoms with Gasteiger partial charge in [-0.05, 0) is 48.5 Å². The molecule has 2 N–H and O–H groups in total. The predicted molar refractivity (Wildman–Crippen MR) is 90.6 cm³/mol. The summed E-state index contributed by atoms with van der Waals surface area (Å²) in [5.74, 6) is -0.748. The van der Waals surface area contributed by atoms with Gasteiger partial charge in [0.1, 0.15) is 0 Å². The first-order valence-corrected chi connectivity index (χ1v) is 7.37. The molecular formula is C18H13N3O3. The van der Waals surface area contributed by atoms with Crippen LogP contribution in [-0.4, -0.2) is 15.5 Å². The lowest BCUT2D eigenvalue weighted by Crippen LogP contribution is -2.12. The maximum atomic E-state index is 12.5. The van der Waals surface area contributed by atoms with E-state index < -0.39 is 5.76 Å². The van der Waals surface area contributed by atoms with Crippen molar-refractivity contribution in [3.63, 3.8) is 0 Å². The minimum atomic E-state index is -0.520. The molecule has 0 radical (unpaired) electrons.